The maximum atomic E-state index is 12.6. The Morgan fingerprint density at radius 2 is 1.70 bits per heavy atom. The van der Waals surface area contributed by atoms with E-state index >= 15 is 0 Å². The Hall–Kier alpha value is -1.91. The van der Waals surface area contributed by atoms with Crippen LogP contribution in [0.15, 0.2) is 64.4 Å². The van der Waals surface area contributed by atoms with Crippen LogP contribution >= 0.6 is 0 Å². The Balaban J connectivity index is 2.55. The van der Waals surface area contributed by atoms with Gasteiger partial charge < -0.3 is 5.11 Å². The van der Waals surface area contributed by atoms with Crippen molar-refractivity contribution in [2.45, 2.75) is 16.7 Å². The molecule has 0 heterocycles. The first-order valence-electron chi connectivity index (χ1n) is 6.24. The molecule has 0 fully saturated rings. The van der Waals surface area contributed by atoms with Crippen LogP contribution in [0.4, 0.5) is 0 Å². The Morgan fingerprint density at radius 3 is 2.35 bits per heavy atom. The monoisotopic (exact) mass is 288 g/mol. The van der Waals surface area contributed by atoms with Gasteiger partial charge in [0.1, 0.15) is 0 Å². The lowest BCUT2D eigenvalue weighted by Gasteiger charge is -2.08. The molecule has 0 saturated carbocycles. The molecule has 0 atom stereocenters. The average molecular weight is 288 g/mol. The molecule has 0 amide bonds. The molecule has 3 nitrogen and oxygen atoms in total. The summed E-state index contributed by atoms with van der Waals surface area (Å²) in [5.41, 5.74) is 1.58. The van der Waals surface area contributed by atoms with E-state index in [0.717, 1.165) is 5.56 Å². The molecular weight excluding hydrogens is 272 g/mol. The summed E-state index contributed by atoms with van der Waals surface area (Å²) in [6, 6.07) is 13.5. The minimum Gasteiger partial charge on any atom is -0.392 e. The molecule has 0 saturated heterocycles. The highest BCUT2D eigenvalue weighted by Gasteiger charge is 2.19. The highest BCUT2D eigenvalue weighted by atomic mass is 32.2. The van der Waals surface area contributed by atoms with Crippen molar-refractivity contribution < 1.29 is 13.5 Å². The van der Waals surface area contributed by atoms with Crippen molar-refractivity contribution in [1.29, 1.82) is 0 Å². The summed E-state index contributed by atoms with van der Waals surface area (Å²) in [5, 5.41) is 8.83. The number of sulfone groups is 1. The second-order valence-electron chi connectivity index (χ2n) is 4.44. The van der Waals surface area contributed by atoms with Gasteiger partial charge in [0.15, 0.2) is 0 Å². The SMILES string of the molecule is Cc1ccc(S(=O)(=O)c2ccccc2C=CCO)cc1. The van der Waals surface area contributed by atoms with Gasteiger partial charge in [0.05, 0.1) is 16.4 Å². The summed E-state index contributed by atoms with van der Waals surface area (Å²) in [4.78, 5) is 0.515. The van der Waals surface area contributed by atoms with Crippen LogP contribution in [0.1, 0.15) is 11.1 Å². The minimum atomic E-state index is -3.55. The van der Waals surface area contributed by atoms with Crippen LogP contribution in [0.25, 0.3) is 6.08 Å². The van der Waals surface area contributed by atoms with Crippen LogP contribution in [0, 0.1) is 6.92 Å². The van der Waals surface area contributed by atoms with E-state index in [1.54, 1.807) is 54.6 Å². The van der Waals surface area contributed by atoms with E-state index in [2.05, 4.69) is 0 Å². The molecule has 0 unspecified atom stereocenters. The molecule has 2 rings (SSSR count). The third kappa shape index (κ3) is 2.98. The van der Waals surface area contributed by atoms with Crippen LogP contribution < -0.4 is 0 Å². The summed E-state index contributed by atoms with van der Waals surface area (Å²) in [6.45, 7) is 1.78. The zero-order chi connectivity index (χ0) is 14.6. The maximum absolute atomic E-state index is 12.6. The van der Waals surface area contributed by atoms with Gasteiger partial charge in [0.25, 0.3) is 0 Å². The van der Waals surface area contributed by atoms with Crippen molar-refractivity contribution in [3.8, 4) is 0 Å². The molecule has 0 aliphatic carbocycles. The third-order valence-corrected chi connectivity index (χ3v) is 4.79. The molecule has 0 bridgehead atoms. The number of aryl methyl sites for hydroxylation is 1. The van der Waals surface area contributed by atoms with Gasteiger partial charge >= 0.3 is 0 Å². The fraction of sp³-hybridized carbons (Fsp3) is 0.125. The number of hydrogen-bond acceptors (Lipinski definition) is 3. The summed E-state index contributed by atoms with van der Waals surface area (Å²) in [5.74, 6) is 0. The molecule has 0 radical (unpaired) electrons. The van der Waals surface area contributed by atoms with Gasteiger partial charge in [0.2, 0.25) is 9.84 Å². The van der Waals surface area contributed by atoms with Crippen molar-refractivity contribution in [3.63, 3.8) is 0 Å². The van der Waals surface area contributed by atoms with Gasteiger partial charge in [-0.2, -0.15) is 0 Å². The second-order valence-corrected chi connectivity index (χ2v) is 6.36. The zero-order valence-electron chi connectivity index (χ0n) is 11.2. The zero-order valence-corrected chi connectivity index (χ0v) is 12.0. The topological polar surface area (TPSA) is 54.4 Å². The number of hydrogen-bond donors (Lipinski definition) is 1. The Morgan fingerprint density at radius 1 is 1.05 bits per heavy atom. The fourth-order valence-electron chi connectivity index (χ4n) is 1.89. The van der Waals surface area contributed by atoms with Crippen molar-refractivity contribution in [2.24, 2.45) is 0 Å². The van der Waals surface area contributed by atoms with E-state index in [1.807, 2.05) is 6.92 Å². The molecule has 104 valence electrons. The normalized spacial score (nSPS) is 11.9. The van der Waals surface area contributed by atoms with Crippen LogP contribution in [0.5, 0.6) is 0 Å². The van der Waals surface area contributed by atoms with Gasteiger partial charge in [-0.25, -0.2) is 8.42 Å². The summed E-state index contributed by atoms with van der Waals surface area (Å²) < 4.78 is 25.3. The first kappa shape index (κ1) is 14.5. The predicted octanol–water partition coefficient (Wildman–Crippen LogP) is 2.83. The molecule has 4 heteroatoms. The Kier molecular flexibility index (Phi) is 4.37. The molecule has 2 aromatic rings. The van der Waals surface area contributed by atoms with E-state index in [-0.39, 0.29) is 16.4 Å². The number of aliphatic hydroxyl groups excluding tert-OH is 1. The van der Waals surface area contributed by atoms with Crippen molar-refractivity contribution in [2.75, 3.05) is 6.61 Å². The van der Waals surface area contributed by atoms with E-state index in [9.17, 15) is 8.42 Å². The molecule has 20 heavy (non-hydrogen) atoms. The van der Waals surface area contributed by atoms with E-state index in [1.165, 1.54) is 6.08 Å². The second kappa shape index (κ2) is 6.03. The first-order valence-corrected chi connectivity index (χ1v) is 7.72. The highest BCUT2D eigenvalue weighted by Crippen LogP contribution is 2.25. The van der Waals surface area contributed by atoms with Gasteiger partial charge in [0, 0.05) is 0 Å². The molecule has 0 aliphatic rings. The Bertz CT molecular complexity index is 714. The smallest absolute Gasteiger partial charge is 0.207 e. The van der Waals surface area contributed by atoms with Gasteiger partial charge in [-0.05, 0) is 30.7 Å². The van der Waals surface area contributed by atoms with E-state index < -0.39 is 9.84 Å². The van der Waals surface area contributed by atoms with Crippen LogP contribution in [0.3, 0.4) is 0 Å². The molecule has 1 N–H and O–H groups in total. The summed E-state index contributed by atoms with van der Waals surface area (Å²) >= 11 is 0. The fourth-order valence-corrected chi connectivity index (χ4v) is 3.34. The molecule has 0 aliphatic heterocycles. The Labute approximate surface area is 119 Å². The van der Waals surface area contributed by atoms with Crippen molar-refractivity contribution in [3.05, 3.63) is 65.7 Å². The van der Waals surface area contributed by atoms with Gasteiger partial charge in [-0.1, -0.05) is 48.0 Å². The maximum Gasteiger partial charge on any atom is 0.207 e. The minimum absolute atomic E-state index is 0.126. The first-order chi connectivity index (χ1) is 9.55. The van der Waals surface area contributed by atoms with Crippen molar-refractivity contribution in [1.82, 2.24) is 0 Å². The highest BCUT2D eigenvalue weighted by molar-refractivity contribution is 7.91. The predicted molar refractivity (Wildman–Crippen MR) is 79.2 cm³/mol. The molecule has 0 aromatic heterocycles. The third-order valence-electron chi connectivity index (χ3n) is 2.94. The largest absolute Gasteiger partial charge is 0.392 e. The summed E-state index contributed by atoms with van der Waals surface area (Å²) in [6.07, 6.45) is 3.13. The lowest BCUT2D eigenvalue weighted by atomic mass is 10.2. The molecular formula is C16H16O3S. The van der Waals surface area contributed by atoms with Gasteiger partial charge in [-0.3, -0.25) is 0 Å². The van der Waals surface area contributed by atoms with E-state index in [4.69, 9.17) is 5.11 Å². The molecule has 0 spiro atoms. The number of rotatable bonds is 4. The lowest BCUT2D eigenvalue weighted by molar-refractivity contribution is 0.343. The van der Waals surface area contributed by atoms with Crippen LogP contribution in [0.2, 0.25) is 0 Å². The lowest BCUT2D eigenvalue weighted by Crippen LogP contribution is -2.04. The summed E-state index contributed by atoms with van der Waals surface area (Å²) in [7, 11) is -3.55. The number of benzene rings is 2. The van der Waals surface area contributed by atoms with Crippen LogP contribution in [-0.2, 0) is 9.84 Å². The average Bonchev–Trinajstić information content (AvgIpc) is 2.46. The standard InChI is InChI=1S/C16H16O3S/c1-13-8-10-15(11-9-13)20(18,19)16-7-3-2-5-14(16)6-4-12-17/h2-11,17H,12H2,1H3. The van der Waals surface area contributed by atoms with Gasteiger partial charge in [-0.15, -0.1) is 0 Å². The quantitative estimate of drug-likeness (QED) is 0.941. The number of aliphatic hydroxyl groups is 1. The van der Waals surface area contributed by atoms with Crippen molar-refractivity contribution >= 4 is 15.9 Å². The van der Waals surface area contributed by atoms with E-state index in [0.29, 0.717) is 5.56 Å². The molecule has 2 aromatic carbocycles. The van der Waals surface area contributed by atoms with Crippen LogP contribution in [-0.4, -0.2) is 20.1 Å².